The Morgan fingerprint density at radius 3 is 2.31 bits per heavy atom. The zero-order valence-electron chi connectivity index (χ0n) is 18.6. The zero-order chi connectivity index (χ0) is 24.2. The first-order valence-corrected chi connectivity index (χ1v) is 12.9. The van der Waals surface area contributed by atoms with E-state index in [1.807, 2.05) is 72.1 Å². The van der Waals surface area contributed by atoms with Crippen LogP contribution in [0, 0.1) is 0 Å². The third kappa shape index (κ3) is 4.88. The first-order valence-electron chi connectivity index (χ1n) is 11.0. The second-order valence-electron chi connectivity index (χ2n) is 7.87. The van der Waals surface area contributed by atoms with E-state index in [0.717, 1.165) is 11.1 Å². The largest absolute Gasteiger partial charge is 0.448 e. The molecule has 9 heteroatoms. The predicted octanol–water partition coefficient (Wildman–Crippen LogP) is 3.91. The lowest BCUT2D eigenvalue weighted by molar-refractivity contribution is -0.153. The van der Waals surface area contributed by atoms with Crippen LogP contribution in [0.1, 0.15) is 17.2 Å². The van der Waals surface area contributed by atoms with Crippen LogP contribution in [0.15, 0.2) is 107 Å². The summed E-state index contributed by atoms with van der Waals surface area (Å²) in [6.45, 7) is 0. The van der Waals surface area contributed by atoms with E-state index < -0.39 is 18.1 Å². The van der Waals surface area contributed by atoms with Gasteiger partial charge in [-0.25, -0.2) is 14.8 Å². The molecule has 1 fully saturated rings. The van der Waals surface area contributed by atoms with Crippen LogP contribution in [0.2, 0.25) is 0 Å². The fourth-order valence-corrected chi connectivity index (χ4v) is 5.79. The number of benzene rings is 2. The van der Waals surface area contributed by atoms with Gasteiger partial charge in [0.1, 0.15) is 17.1 Å². The van der Waals surface area contributed by atoms with Crippen LogP contribution in [-0.4, -0.2) is 43.9 Å². The molecule has 1 aromatic heterocycles. The average Bonchev–Trinajstić information content (AvgIpc) is 2.92. The maximum absolute atomic E-state index is 13.7. The van der Waals surface area contributed by atoms with Gasteiger partial charge in [0.2, 0.25) is 5.91 Å². The number of nitrogens with two attached hydrogens (primary N) is 1. The number of aromatic nitrogens is 2. The fourth-order valence-electron chi connectivity index (χ4n) is 3.93. The van der Waals surface area contributed by atoms with Gasteiger partial charge in [-0.05, 0) is 34.3 Å². The molecule has 176 valence electrons. The molecule has 35 heavy (non-hydrogen) atoms. The van der Waals surface area contributed by atoms with Gasteiger partial charge in [0.05, 0.1) is 0 Å². The second kappa shape index (κ2) is 10.5. The molecule has 0 radical (unpaired) electrons. The van der Waals surface area contributed by atoms with E-state index in [2.05, 4.69) is 9.97 Å². The van der Waals surface area contributed by atoms with Gasteiger partial charge < -0.3 is 10.5 Å². The third-order valence-corrected chi connectivity index (χ3v) is 7.66. The van der Waals surface area contributed by atoms with Crippen LogP contribution in [0.25, 0.3) is 0 Å². The molecule has 2 aliphatic rings. The van der Waals surface area contributed by atoms with Crippen molar-refractivity contribution in [1.82, 2.24) is 14.9 Å². The Labute approximate surface area is 211 Å². The van der Waals surface area contributed by atoms with E-state index in [1.165, 1.54) is 28.4 Å². The van der Waals surface area contributed by atoms with Crippen LogP contribution < -0.4 is 5.73 Å². The number of carbonyl (C=O) groups is 2. The van der Waals surface area contributed by atoms with Crippen molar-refractivity contribution in [1.29, 1.82) is 0 Å². The first-order chi connectivity index (χ1) is 17.1. The van der Waals surface area contributed by atoms with Gasteiger partial charge in [-0.1, -0.05) is 72.4 Å². The Bertz CT molecular complexity index is 1230. The standard InChI is InChI=1S/C26H22N4O3S2/c27-20-23(31)30-21(19(16-35-24(20)30)12-15-34-26-28-13-7-14-29-26)25(32)33-22(17-8-3-1-4-9-17)18-10-5-2-6-11-18/h1-15,20,22,24H,16,27H2/t20?,24-/m0/s1. The molecular formula is C26H22N4O3S2. The van der Waals surface area contributed by atoms with Crippen molar-refractivity contribution in [2.45, 2.75) is 22.7 Å². The van der Waals surface area contributed by atoms with Gasteiger partial charge in [0.15, 0.2) is 11.3 Å². The Kier molecular flexibility index (Phi) is 6.98. The third-order valence-electron chi connectivity index (χ3n) is 5.65. The molecule has 1 amide bonds. The Balaban J connectivity index is 1.47. The number of β-lactam (4-membered cyclic amide) rings is 1. The number of fused-ring (bicyclic) bond motifs is 1. The summed E-state index contributed by atoms with van der Waals surface area (Å²) >= 11 is 2.87. The van der Waals surface area contributed by atoms with Crippen LogP contribution in [0.4, 0.5) is 0 Å². The van der Waals surface area contributed by atoms with E-state index in [9.17, 15) is 9.59 Å². The molecule has 2 aromatic carbocycles. The van der Waals surface area contributed by atoms with Crippen LogP contribution >= 0.6 is 23.5 Å². The average molecular weight is 503 g/mol. The molecule has 7 nitrogen and oxygen atoms in total. The number of amides is 1. The Morgan fingerprint density at radius 1 is 1.06 bits per heavy atom. The van der Waals surface area contributed by atoms with Crippen molar-refractivity contribution in [3.8, 4) is 0 Å². The highest BCUT2D eigenvalue weighted by Crippen LogP contribution is 2.41. The van der Waals surface area contributed by atoms with Crippen molar-refractivity contribution in [3.05, 3.63) is 113 Å². The fraction of sp³-hybridized carbons (Fsp3) is 0.154. The van der Waals surface area contributed by atoms with Crippen LogP contribution in [0.3, 0.4) is 0 Å². The predicted molar refractivity (Wildman–Crippen MR) is 136 cm³/mol. The topological polar surface area (TPSA) is 98.4 Å². The van der Waals surface area contributed by atoms with Crippen molar-refractivity contribution in [2.75, 3.05) is 5.75 Å². The summed E-state index contributed by atoms with van der Waals surface area (Å²) in [7, 11) is 0. The molecule has 3 heterocycles. The Hall–Kier alpha value is -3.40. The second-order valence-corrected chi connectivity index (χ2v) is 9.85. The molecule has 1 saturated heterocycles. The summed E-state index contributed by atoms with van der Waals surface area (Å²) < 4.78 is 6.09. The number of nitrogens with zero attached hydrogens (tertiary/aromatic N) is 3. The number of allylic oxidation sites excluding steroid dienone is 1. The monoisotopic (exact) mass is 502 g/mol. The maximum Gasteiger partial charge on any atom is 0.356 e. The number of esters is 1. The minimum atomic E-state index is -0.625. The molecule has 0 spiro atoms. The Morgan fingerprint density at radius 2 is 1.69 bits per heavy atom. The molecule has 2 atom stereocenters. The van der Waals surface area contributed by atoms with Crippen molar-refractivity contribution < 1.29 is 14.3 Å². The van der Waals surface area contributed by atoms with E-state index in [0.29, 0.717) is 16.5 Å². The number of hydrogen-bond acceptors (Lipinski definition) is 8. The van der Waals surface area contributed by atoms with Gasteiger partial charge >= 0.3 is 5.97 Å². The number of ether oxygens (including phenoxy) is 1. The highest BCUT2D eigenvalue weighted by molar-refractivity contribution is 8.02. The van der Waals surface area contributed by atoms with E-state index in [1.54, 1.807) is 18.5 Å². The zero-order valence-corrected chi connectivity index (χ0v) is 20.2. The number of rotatable bonds is 7. The summed E-state index contributed by atoms with van der Waals surface area (Å²) in [6, 6.07) is 20.2. The van der Waals surface area contributed by atoms with Crippen LogP contribution in [-0.2, 0) is 14.3 Å². The summed E-state index contributed by atoms with van der Waals surface area (Å²) in [5.41, 5.74) is 8.64. The normalized spacial score (nSPS) is 19.6. The smallest absolute Gasteiger partial charge is 0.356 e. The minimum absolute atomic E-state index is 0.239. The lowest BCUT2D eigenvalue weighted by Crippen LogP contribution is -2.68. The van der Waals surface area contributed by atoms with Gasteiger partial charge in [0.25, 0.3) is 0 Å². The van der Waals surface area contributed by atoms with Crippen LogP contribution in [0.5, 0.6) is 0 Å². The molecule has 0 aliphatic carbocycles. The quantitative estimate of drug-likeness (QED) is 0.225. The van der Waals surface area contributed by atoms with E-state index >= 15 is 0 Å². The molecule has 0 bridgehead atoms. The molecule has 5 rings (SSSR count). The summed E-state index contributed by atoms with van der Waals surface area (Å²) in [6.07, 6.45) is 4.53. The molecule has 0 saturated carbocycles. The lowest BCUT2D eigenvalue weighted by atomic mass is 10.0. The minimum Gasteiger partial charge on any atom is -0.448 e. The van der Waals surface area contributed by atoms with Gasteiger partial charge in [-0.3, -0.25) is 9.69 Å². The van der Waals surface area contributed by atoms with E-state index in [-0.39, 0.29) is 17.0 Å². The number of hydrogen-bond donors (Lipinski definition) is 1. The molecule has 1 unspecified atom stereocenters. The summed E-state index contributed by atoms with van der Waals surface area (Å²) in [5.74, 6) is -0.315. The number of carbonyl (C=O) groups excluding carboxylic acids is 2. The molecular weight excluding hydrogens is 480 g/mol. The number of thioether (sulfide) groups is 2. The first kappa shape index (κ1) is 23.3. The molecule has 3 aromatic rings. The molecule has 2 N–H and O–H groups in total. The SMILES string of the molecule is NC1C(=O)N2C(C(=O)OC(c3ccccc3)c3ccccc3)=C(C=CSc3ncccn3)CS[C@@H]12. The highest BCUT2D eigenvalue weighted by atomic mass is 32.2. The maximum atomic E-state index is 13.7. The van der Waals surface area contributed by atoms with Crippen molar-refractivity contribution in [3.63, 3.8) is 0 Å². The van der Waals surface area contributed by atoms with Crippen molar-refractivity contribution >= 4 is 35.4 Å². The van der Waals surface area contributed by atoms with E-state index in [4.69, 9.17) is 10.5 Å². The summed E-state index contributed by atoms with van der Waals surface area (Å²) in [4.78, 5) is 36.2. The van der Waals surface area contributed by atoms with Gasteiger partial charge in [-0.15, -0.1) is 11.8 Å². The lowest BCUT2D eigenvalue weighted by Gasteiger charge is -2.48. The van der Waals surface area contributed by atoms with Gasteiger partial charge in [-0.2, -0.15) is 0 Å². The highest BCUT2D eigenvalue weighted by Gasteiger charge is 2.52. The summed E-state index contributed by atoms with van der Waals surface area (Å²) in [5, 5.41) is 2.12. The van der Waals surface area contributed by atoms with Crippen molar-refractivity contribution in [2.24, 2.45) is 5.73 Å². The molecule has 2 aliphatic heterocycles. The van der Waals surface area contributed by atoms with Gasteiger partial charge in [0, 0.05) is 18.1 Å².